The first kappa shape index (κ1) is 10.7. The number of aryl methyl sites for hydroxylation is 1. The van der Waals surface area contributed by atoms with Gasteiger partial charge >= 0.3 is 5.76 Å². The summed E-state index contributed by atoms with van der Waals surface area (Å²) in [6, 6.07) is 0. The van der Waals surface area contributed by atoms with Gasteiger partial charge in [-0.15, -0.1) is 0 Å². The normalized spacial score (nSPS) is 12.0. The van der Waals surface area contributed by atoms with Crippen molar-refractivity contribution < 1.29 is 4.52 Å². The van der Waals surface area contributed by atoms with Crippen LogP contribution >= 0.6 is 0 Å². The maximum atomic E-state index is 10.9. The number of aromatic amines is 1. The molecule has 6 heteroatoms. The van der Waals surface area contributed by atoms with Gasteiger partial charge in [0.25, 0.3) is 0 Å². The molecule has 0 amide bonds. The lowest BCUT2D eigenvalue weighted by atomic mass is 9.89. The molecule has 0 aliphatic heterocycles. The van der Waals surface area contributed by atoms with Gasteiger partial charge in [-0.25, -0.2) is 4.79 Å². The Morgan fingerprint density at radius 2 is 2.12 bits per heavy atom. The molecule has 0 aliphatic rings. The van der Waals surface area contributed by atoms with Crippen LogP contribution in [0.3, 0.4) is 0 Å². The summed E-state index contributed by atoms with van der Waals surface area (Å²) < 4.78 is 6.20. The third-order valence-corrected chi connectivity index (χ3v) is 2.23. The van der Waals surface area contributed by atoms with Gasteiger partial charge in [0.1, 0.15) is 0 Å². The second-order valence-corrected chi connectivity index (χ2v) is 4.76. The van der Waals surface area contributed by atoms with Crippen LogP contribution < -0.4 is 5.76 Å². The third-order valence-electron chi connectivity index (χ3n) is 2.23. The Kier molecular flexibility index (Phi) is 2.22. The molecule has 2 aromatic rings. The Morgan fingerprint density at radius 3 is 2.62 bits per heavy atom. The number of hydrogen-bond acceptors (Lipinski definition) is 4. The van der Waals surface area contributed by atoms with Crippen LogP contribution in [0.25, 0.3) is 11.4 Å². The zero-order valence-electron chi connectivity index (χ0n) is 9.74. The fourth-order valence-electron chi connectivity index (χ4n) is 1.56. The summed E-state index contributed by atoms with van der Waals surface area (Å²) in [5.41, 5.74) is 1.55. The summed E-state index contributed by atoms with van der Waals surface area (Å²) in [6.07, 6.45) is 1.81. The number of aromatic nitrogens is 4. The third kappa shape index (κ3) is 1.78. The van der Waals surface area contributed by atoms with E-state index >= 15 is 0 Å². The molecule has 0 atom stereocenters. The van der Waals surface area contributed by atoms with Gasteiger partial charge in [-0.1, -0.05) is 25.9 Å². The monoisotopic (exact) mass is 222 g/mol. The van der Waals surface area contributed by atoms with Crippen LogP contribution in [-0.2, 0) is 12.5 Å². The highest BCUT2D eigenvalue weighted by Crippen LogP contribution is 2.29. The summed E-state index contributed by atoms with van der Waals surface area (Å²) in [7, 11) is 1.83. The largest absolute Gasteiger partial charge is 0.439 e. The van der Waals surface area contributed by atoms with Crippen molar-refractivity contribution in [2.45, 2.75) is 26.2 Å². The molecule has 0 unspecified atom stereocenters. The molecule has 6 nitrogen and oxygen atoms in total. The molecule has 0 aromatic carbocycles. The van der Waals surface area contributed by atoms with Crippen LogP contribution in [0.1, 0.15) is 26.5 Å². The molecular weight excluding hydrogens is 208 g/mol. The molecule has 2 rings (SSSR count). The van der Waals surface area contributed by atoms with Gasteiger partial charge in [0.2, 0.25) is 0 Å². The smallest absolute Gasteiger partial charge is 0.296 e. The maximum absolute atomic E-state index is 10.9. The second kappa shape index (κ2) is 3.33. The van der Waals surface area contributed by atoms with Crippen LogP contribution in [0.15, 0.2) is 15.5 Å². The van der Waals surface area contributed by atoms with Gasteiger partial charge in [-0.3, -0.25) is 14.2 Å². The van der Waals surface area contributed by atoms with E-state index in [0.29, 0.717) is 5.82 Å². The molecule has 86 valence electrons. The lowest BCUT2D eigenvalue weighted by Gasteiger charge is -2.16. The zero-order chi connectivity index (χ0) is 11.9. The highest BCUT2D eigenvalue weighted by molar-refractivity contribution is 5.58. The minimum Gasteiger partial charge on any atom is -0.296 e. The fraction of sp³-hybridized carbons (Fsp3) is 0.500. The number of nitrogens with zero attached hydrogens (tertiary/aromatic N) is 3. The van der Waals surface area contributed by atoms with E-state index in [9.17, 15) is 4.79 Å². The molecule has 16 heavy (non-hydrogen) atoms. The Balaban J connectivity index is 2.61. The molecule has 0 aliphatic carbocycles. The van der Waals surface area contributed by atoms with E-state index in [0.717, 1.165) is 11.3 Å². The Hall–Kier alpha value is -1.85. The van der Waals surface area contributed by atoms with E-state index in [-0.39, 0.29) is 5.41 Å². The summed E-state index contributed by atoms with van der Waals surface area (Å²) >= 11 is 0. The van der Waals surface area contributed by atoms with Gasteiger partial charge in [0.05, 0.1) is 11.3 Å². The zero-order valence-corrected chi connectivity index (χ0v) is 9.74. The quantitative estimate of drug-likeness (QED) is 0.782. The first-order valence-corrected chi connectivity index (χ1v) is 4.98. The summed E-state index contributed by atoms with van der Waals surface area (Å²) in [6.45, 7) is 6.16. The van der Waals surface area contributed by atoms with Crippen molar-refractivity contribution in [2.75, 3.05) is 0 Å². The molecule has 0 fully saturated rings. The SMILES string of the molecule is Cn1cc(-c2noc(=O)[nH]2)c(C(C)(C)C)n1. The van der Waals surface area contributed by atoms with E-state index in [1.165, 1.54) is 0 Å². The molecule has 2 heterocycles. The minimum atomic E-state index is -0.557. The lowest BCUT2D eigenvalue weighted by Crippen LogP contribution is -2.14. The Bertz CT molecular complexity index is 556. The highest BCUT2D eigenvalue weighted by atomic mass is 16.5. The number of nitrogens with one attached hydrogen (secondary N) is 1. The summed E-state index contributed by atoms with van der Waals surface area (Å²) in [5.74, 6) is -0.137. The Labute approximate surface area is 92.3 Å². The van der Waals surface area contributed by atoms with Gasteiger partial charge in [0, 0.05) is 18.7 Å². The average molecular weight is 222 g/mol. The first-order chi connectivity index (χ1) is 7.38. The minimum absolute atomic E-state index is 0.119. The standard InChI is InChI=1S/C10H14N4O2/c1-10(2,3)7-6(5-14(4)12-7)8-11-9(15)16-13-8/h5H,1-4H3,(H,11,13,15). The number of hydrogen-bond donors (Lipinski definition) is 1. The van der Waals surface area contributed by atoms with Gasteiger partial charge in [0.15, 0.2) is 5.82 Å². The highest BCUT2D eigenvalue weighted by Gasteiger charge is 2.24. The van der Waals surface area contributed by atoms with Crippen LogP contribution in [0.5, 0.6) is 0 Å². The van der Waals surface area contributed by atoms with Crippen molar-refractivity contribution in [3.8, 4) is 11.4 Å². The molecule has 0 bridgehead atoms. The molecule has 2 aromatic heterocycles. The first-order valence-electron chi connectivity index (χ1n) is 4.98. The number of H-pyrrole nitrogens is 1. The molecule has 1 N–H and O–H groups in total. The van der Waals surface area contributed by atoms with Crippen molar-refractivity contribution in [3.63, 3.8) is 0 Å². The van der Waals surface area contributed by atoms with Crippen molar-refractivity contribution in [2.24, 2.45) is 7.05 Å². The molecule has 0 radical (unpaired) electrons. The van der Waals surface area contributed by atoms with E-state index < -0.39 is 5.76 Å². The lowest BCUT2D eigenvalue weighted by molar-refractivity contribution is 0.387. The average Bonchev–Trinajstić information content (AvgIpc) is 2.70. The van der Waals surface area contributed by atoms with Crippen molar-refractivity contribution in [1.82, 2.24) is 19.9 Å². The number of rotatable bonds is 1. The van der Waals surface area contributed by atoms with Gasteiger partial charge < -0.3 is 0 Å². The topological polar surface area (TPSA) is 76.7 Å². The fourth-order valence-corrected chi connectivity index (χ4v) is 1.56. The molecule has 0 saturated heterocycles. The van der Waals surface area contributed by atoms with Crippen LogP contribution in [-0.4, -0.2) is 19.9 Å². The van der Waals surface area contributed by atoms with Gasteiger partial charge in [-0.2, -0.15) is 5.10 Å². The predicted octanol–water partition coefficient (Wildman–Crippen LogP) is 1.06. The second-order valence-electron chi connectivity index (χ2n) is 4.76. The van der Waals surface area contributed by atoms with Crippen LogP contribution in [0, 0.1) is 0 Å². The molecular formula is C10H14N4O2. The predicted molar refractivity (Wildman–Crippen MR) is 58.0 cm³/mol. The summed E-state index contributed by atoms with van der Waals surface area (Å²) in [5, 5.41) is 8.06. The Morgan fingerprint density at radius 1 is 1.44 bits per heavy atom. The van der Waals surface area contributed by atoms with Crippen molar-refractivity contribution in [3.05, 3.63) is 22.4 Å². The summed E-state index contributed by atoms with van der Waals surface area (Å²) in [4.78, 5) is 13.5. The maximum Gasteiger partial charge on any atom is 0.439 e. The van der Waals surface area contributed by atoms with Gasteiger partial charge in [-0.05, 0) is 0 Å². The van der Waals surface area contributed by atoms with E-state index in [4.69, 9.17) is 0 Å². The van der Waals surface area contributed by atoms with E-state index in [1.807, 2.05) is 13.2 Å². The van der Waals surface area contributed by atoms with Crippen molar-refractivity contribution in [1.29, 1.82) is 0 Å². The van der Waals surface area contributed by atoms with Crippen LogP contribution in [0.2, 0.25) is 0 Å². The molecule has 0 spiro atoms. The van der Waals surface area contributed by atoms with E-state index in [1.54, 1.807) is 4.68 Å². The van der Waals surface area contributed by atoms with Crippen molar-refractivity contribution >= 4 is 0 Å². The van der Waals surface area contributed by atoms with Crippen LogP contribution in [0.4, 0.5) is 0 Å². The van der Waals surface area contributed by atoms with E-state index in [2.05, 4.69) is 40.5 Å². The molecule has 0 saturated carbocycles.